The number of rotatable bonds is 3. The van der Waals surface area contributed by atoms with E-state index in [0.29, 0.717) is 16.1 Å². The molecule has 0 fully saturated rings. The lowest BCUT2D eigenvalue weighted by Crippen LogP contribution is -2.17. The van der Waals surface area contributed by atoms with Crippen LogP contribution in [0.4, 0.5) is 0 Å². The summed E-state index contributed by atoms with van der Waals surface area (Å²) in [6.07, 6.45) is 4.03. The van der Waals surface area contributed by atoms with Crippen LogP contribution in [0.5, 0.6) is 0 Å². The fourth-order valence-corrected chi connectivity index (χ4v) is 3.28. The van der Waals surface area contributed by atoms with Crippen LogP contribution in [0.3, 0.4) is 0 Å². The van der Waals surface area contributed by atoms with Gasteiger partial charge in [-0.25, -0.2) is 0 Å². The number of hydrogen-bond acceptors (Lipinski definition) is 5. The van der Waals surface area contributed by atoms with E-state index in [2.05, 4.69) is 32.2 Å². The van der Waals surface area contributed by atoms with E-state index in [1.165, 1.54) is 0 Å². The molecule has 0 spiro atoms. The number of ketones is 1. The maximum absolute atomic E-state index is 12.7. The zero-order chi connectivity index (χ0) is 15.7. The van der Waals surface area contributed by atoms with E-state index in [-0.39, 0.29) is 11.5 Å². The molecule has 2 aromatic rings. The molecule has 0 saturated carbocycles. The van der Waals surface area contributed by atoms with Crippen molar-refractivity contribution in [2.75, 3.05) is 0 Å². The number of carbonyl (C=O) groups is 1. The molecule has 3 rings (SSSR count). The fourth-order valence-electron chi connectivity index (χ4n) is 2.77. The molecule has 0 aliphatic carbocycles. The highest BCUT2D eigenvalue weighted by atomic mass is 79.9. The molecular weight excluding hydrogens is 348 g/mol. The standard InChI is InChI=1S/C15H15BrN4O2/c1-9-7-11(16)22-14(9)13(21)10(8-17)15-19-18-12-5-3-2-4-6-20(12)15/h7,10H,2-6H2,1H3. The van der Waals surface area contributed by atoms with Crippen LogP contribution in [-0.2, 0) is 13.0 Å². The number of fused-ring (bicyclic) bond motifs is 1. The molecule has 0 amide bonds. The van der Waals surface area contributed by atoms with Gasteiger partial charge in [0.05, 0.1) is 6.07 Å². The minimum atomic E-state index is -0.990. The number of halogens is 1. The van der Waals surface area contributed by atoms with E-state index in [1.807, 2.05) is 4.57 Å². The Morgan fingerprint density at radius 3 is 2.95 bits per heavy atom. The smallest absolute Gasteiger partial charge is 0.223 e. The number of aryl methyl sites for hydroxylation is 2. The Morgan fingerprint density at radius 1 is 1.45 bits per heavy atom. The third-order valence-electron chi connectivity index (χ3n) is 3.90. The molecule has 0 bridgehead atoms. The van der Waals surface area contributed by atoms with E-state index in [0.717, 1.165) is 38.1 Å². The van der Waals surface area contributed by atoms with Gasteiger partial charge in [-0.05, 0) is 47.3 Å². The maximum Gasteiger partial charge on any atom is 0.223 e. The maximum atomic E-state index is 12.7. The van der Waals surface area contributed by atoms with E-state index in [9.17, 15) is 10.1 Å². The van der Waals surface area contributed by atoms with Gasteiger partial charge in [-0.2, -0.15) is 5.26 Å². The molecule has 2 aromatic heterocycles. The Kier molecular flexibility index (Phi) is 4.12. The van der Waals surface area contributed by atoms with Gasteiger partial charge in [-0.1, -0.05) is 6.42 Å². The molecule has 0 N–H and O–H groups in total. The van der Waals surface area contributed by atoms with Crippen molar-refractivity contribution in [2.24, 2.45) is 0 Å². The van der Waals surface area contributed by atoms with Crippen molar-refractivity contribution in [3.05, 3.63) is 33.7 Å². The summed E-state index contributed by atoms with van der Waals surface area (Å²) in [6.45, 7) is 2.53. The lowest BCUT2D eigenvalue weighted by Gasteiger charge is -2.10. The van der Waals surface area contributed by atoms with Gasteiger partial charge in [0.1, 0.15) is 5.82 Å². The summed E-state index contributed by atoms with van der Waals surface area (Å²) in [5.41, 5.74) is 0.702. The molecule has 3 heterocycles. The third kappa shape index (κ3) is 2.59. The predicted octanol–water partition coefficient (Wildman–Crippen LogP) is 3.16. The Hall–Kier alpha value is -1.94. The lowest BCUT2D eigenvalue weighted by atomic mass is 10.0. The first-order valence-corrected chi connectivity index (χ1v) is 8.03. The van der Waals surface area contributed by atoms with Crippen LogP contribution in [0.15, 0.2) is 15.2 Å². The van der Waals surface area contributed by atoms with Crippen molar-refractivity contribution in [3.63, 3.8) is 0 Å². The van der Waals surface area contributed by atoms with Crippen LogP contribution < -0.4 is 0 Å². The van der Waals surface area contributed by atoms with E-state index in [4.69, 9.17) is 4.42 Å². The summed E-state index contributed by atoms with van der Waals surface area (Å²) in [4.78, 5) is 12.7. The molecule has 6 nitrogen and oxygen atoms in total. The number of hydrogen-bond donors (Lipinski definition) is 0. The summed E-state index contributed by atoms with van der Waals surface area (Å²) in [5, 5.41) is 17.8. The highest BCUT2D eigenvalue weighted by Crippen LogP contribution is 2.27. The van der Waals surface area contributed by atoms with Crippen molar-refractivity contribution in [2.45, 2.75) is 45.1 Å². The highest BCUT2D eigenvalue weighted by Gasteiger charge is 2.32. The molecule has 22 heavy (non-hydrogen) atoms. The molecule has 1 atom stereocenters. The normalized spacial score (nSPS) is 15.7. The molecule has 0 radical (unpaired) electrons. The van der Waals surface area contributed by atoms with Crippen molar-refractivity contribution < 1.29 is 9.21 Å². The largest absolute Gasteiger partial charge is 0.446 e. The van der Waals surface area contributed by atoms with E-state index in [1.54, 1.807) is 13.0 Å². The van der Waals surface area contributed by atoms with Crippen LogP contribution in [0.25, 0.3) is 0 Å². The second-order valence-electron chi connectivity index (χ2n) is 5.43. The molecule has 7 heteroatoms. The summed E-state index contributed by atoms with van der Waals surface area (Å²) in [7, 11) is 0. The highest BCUT2D eigenvalue weighted by molar-refractivity contribution is 9.10. The molecule has 0 saturated heterocycles. The Labute approximate surface area is 136 Å². The van der Waals surface area contributed by atoms with E-state index >= 15 is 0 Å². The zero-order valence-electron chi connectivity index (χ0n) is 12.2. The van der Waals surface area contributed by atoms with Gasteiger partial charge in [0.15, 0.2) is 22.2 Å². The minimum absolute atomic E-state index is 0.199. The van der Waals surface area contributed by atoms with Gasteiger partial charge in [0.25, 0.3) is 0 Å². The van der Waals surface area contributed by atoms with Crippen LogP contribution in [-0.4, -0.2) is 20.5 Å². The second-order valence-corrected chi connectivity index (χ2v) is 6.21. The molecule has 1 aliphatic rings. The summed E-state index contributed by atoms with van der Waals surface area (Å²) < 4.78 is 7.78. The number of Topliss-reactive ketones (excluding diaryl/α,β-unsaturated/α-hetero) is 1. The first-order valence-electron chi connectivity index (χ1n) is 7.23. The van der Waals surface area contributed by atoms with Gasteiger partial charge < -0.3 is 8.98 Å². The van der Waals surface area contributed by atoms with E-state index < -0.39 is 5.92 Å². The first kappa shape index (κ1) is 15.0. The van der Waals surface area contributed by atoms with Crippen LogP contribution >= 0.6 is 15.9 Å². The van der Waals surface area contributed by atoms with Crippen molar-refractivity contribution in [1.82, 2.24) is 14.8 Å². The predicted molar refractivity (Wildman–Crippen MR) is 81.4 cm³/mol. The van der Waals surface area contributed by atoms with Gasteiger partial charge in [0.2, 0.25) is 5.78 Å². The van der Waals surface area contributed by atoms with Crippen molar-refractivity contribution in [3.8, 4) is 6.07 Å². The number of aromatic nitrogens is 3. The SMILES string of the molecule is Cc1cc(Br)oc1C(=O)C(C#N)c1nnc2n1CCCCC2. The quantitative estimate of drug-likeness (QED) is 0.782. The van der Waals surface area contributed by atoms with Gasteiger partial charge in [0, 0.05) is 13.0 Å². The molecule has 0 aromatic carbocycles. The van der Waals surface area contributed by atoms with Crippen molar-refractivity contribution in [1.29, 1.82) is 5.26 Å². The third-order valence-corrected chi connectivity index (χ3v) is 4.29. The van der Waals surface area contributed by atoms with Crippen molar-refractivity contribution >= 4 is 21.7 Å². The molecule has 114 valence electrons. The number of nitrogens with zero attached hydrogens (tertiary/aromatic N) is 4. The summed E-state index contributed by atoms with van der Waals surface area (Å²) >= 11 is 3.21. The minimum Gasteiger partial charge on any atom is -0.446 e. The average molecular weight is 363 g/mol. The molecule has 1 aliphatic heterocycles. The lowest BCUT2D eigenvalue weighted by molar-refractivity contribution is 0.0945. The Bertz CT molecular complexity index is 756. The Morgan fingerprint density at radius 2 is 2.27 bits per heavy atom. The topological polar surface area (TPSA) is 84.7 Å². The van der Waals surface area contributed by atoms with Crippen LogP contribution in [0.1, 0.15) is 52.9 Å². The molecular formula is C15H15BrN4O2. The van der Waals surface area contributed by atoms with Crippen LogP contribution in [0, 0.1) is 18.3 Å². The fraction of sp³-hybridized carbons (Fsp3) is 0.467. The monoisotopic (exact) mass is 362 g/mol. The van der Waals surface area contributed by atoms with Crippen LogP contribution in [0.2, 0.25) is 0 Å². The first-order chi connectivity index (χ1) is 10.6. The average Bonchev–Trinajstić information content (AvgIpc) is 2.94. The van der Waals surface area contributed by atoms with Gasteiger partial charge in [-0.3, -0.25) is 4.79 Å². The summed E-state index contributed by atoms with van der Waals surface area (Å²) in [5.74, 6) is 0.125. The summed E-state index contributed by atoms with van der Waals surface area (Å²) in [6, 6.07) is 3.78. The number of carbonyl (C=O) groups excluding carboxylic acids is 1. The van der Waals surface area contributed by atoms with Gasteiger partial charge in [-0.15, -0.1) is 10.2 Å². The van der Waals surface area contributed by atoms with Gasteiger partial charge >= 0.3 is 0 Å². The Balaban J connectivity index is 1.99. The number of nitriles is 1. The number of furan rings is 1. The molecule has 1 unspecified atom stereocenters. The zero-order valence-corrected chi connectivity index (χ0v) is 13.8. The second kappa shape index (κ2) is 6.05.